The van der Waals surface area contributed by atoms with Gasteiger partial charge in [-0.1, -0.05) is 45.0 Å². The molecule has 0 aliphatic heterocycles. The van der Waals surface area contributed by atoms with Crippen molar-refractivity contribution >= 4 is 5.91 Å². The van der Waals surface area contributed by atoms with E-state index in [0.29, 0.717) is 23.6 Å². The molecule has 0 bridgehead atoms. The normalized spacial score (nSPS) is 13.7. The second-order valence-corrected chi connectivity index (χ2v) is 8.65. The number of aromatic nitrogens is 2. The molecule has 1 heterocycles. The third kappa shape index (κ3) is 5.17. The molecule has 1 aromatic heterocycles. The average molecular weight is 427 g/mol. The van der Waals surface area contributed by atoms with Crippen molar-refractivity contribution in [2.45, 2.75) is 39.3 Å². The number of carbonyl (C=O) groups is 1. The number of nitrogens with two attached hydrogens (primary N) is 1. The molecule has 7 heteroatoms. The summed E-state index contributed by atoms with van der Waals surface area (Å²) >= 11 is 0. The SMILES string of the molecule is COC(C(N)=O)[C@@H](c1nc(-c2cccc(F)c2)cn1Cc1cccc(F)c1)C(C)(C)C. The molecule has 2 atom stereocenters. The number of imidazole rings is 1. The zero-order chi connectivity index (χ0) is 22.8. The number of hydrogen-bond acceptors (Lipinski definition) is 3. The summed E-state index contributed by atoms with van der Waals surface area (Å²) < 4.78 is 34.9. The number of rotatable bonds is 7. The van der Waals surface area contributed by atoms with Crippen molar-refractivity contribution in [2.75, 3.05) is 7.11 Å². The molecule has 1 unspecified atom stereocenters. The lowest BCUT2D eigenvalue weighted by Gasteiger charge is -2.34. The lowest BCUT2D eigenvalue weighted by atomic mass is 9.76. The van der Waals surface area contributed by atoms with Crippen LogP contribution in [0.1, 0.15) is 38.1 Å². The third-order valence-electron chi connectivity index (χ3n) is 5.22. The summed E-state index contributed by atoms with van der Waals surface area (Å²) in [7, 11) is 1.43. The number of benzene rings is 2. The molecule has 31 heavy (non-hydrogen) atoms. The molecular formula is C24H27F2N3O2. The van der Waals surface area contributed by atoms with Crippen molar-refractivity contribution in [2.24, 2.45) is 11.1 Å². The molecule has 2 aromatic carbocycles. The predicted octanol–water partition coefficient (Wildman–Crippen LogP) is 4.51. The van der Waals surface area contributed by atoms with Gasteiger partial charge in [0.2, 0.25) is 5.91 Å². The molecule has 0 radical (unpaired) electrons. The number of halogens is 2. The lowest BCUT2D eigenvalue weighted by molar-refractivity contribution is -0.131. The molecule has 0 spiro atoms. The molecule has 3 rings (SSSR count). The Kier molecular flexibility index (Phi) is 6.55. The van der Waals surface area contributed by atoms with Crippen molar-refractivity contribution < 1.29 is 18.3 Å². The largest absolute Gasteiger partial charge is 0.371 e. The standard InChI is InChI=1S/C24H27F2N3O2/c1-24(2,3)20(21(31-4)22(27)30)23-28-19(16-8-6-10-18(26)12-16)14-29(23)13-15-7-5-9-17(25)11-15/h5-12,14,20-21H,13H2,1-4H3,(H2,27,30)/t20-,21?/m0/s1. The van der Waals surface area contributed by atoms with Gasteiger partial charge in [-0.15, -0.1) is 0 Å². The second-order valence-electron chi connectivity index (χ2n) is 8.65. The summed E-state index contributed by atoms with van der Waals surface area (Å²) in [6.45, 7) is 6.22. The molecule has 5 nitrogen and oxygen atoms in total. The van der Waals surface area contributed by atoms with Crippen LogP contribution >= 0.6 is 0 Å². The van der Waals surface area contributed by atoms with Crippen molar-refractivity contribution in [3.63, 3.8) is 0 Å². The van der Waals surface area contributed by atoms with E-state index in [2.05, 4.69) is 0 Å². The summed E-state index contributed by atoms with van der Waals surface area (Å²) in [6.07, 6.45) is 0.857. The highest BCUT2D eigenvalue weighted by Gasteiger charge is 2.40. The molecule has 0 saturated carbocycles. The summed E-state index contributed by atoms with van der Waals surface area (Å²) in [5.41, 5.74) is 7.06. The van der Waals surface area contributed by atoms with Gasteiger partial charge in [0.1, 0.15) is 23.6 Å². The molecular weight excluding hydrogens is 400 g/mol. The van der Waals surface area contributed by atoms with Crippen LogP contribution < -0.4 is 5.73 Å². The molecule has 0 saturated heterocycles. The quantitative estimate of drug-likeness (QED) is 0.603. The van der Waals surface area contributed by atoms with E-state index in [1.165, 1.54) is 31.4 Å². The van der Waals surface area contributed by atoms with Gasteiger partial charge in [-0.05, 0) is 35.2 Å². The molecule has 164 valence electrons. The lowest BCUT2D eigenvalue weighted by Crippen LogP contribution is -2.42. The van der Waals surface area contributed by atoms with Crippen molar-refractivity contribution in [1.82, 2.24) is 9.55 Å². The van der Waals surface area contributed by atoms with Crippen molar-refractivity contribution in [3.8, 4) is 11.3 Å². The van der Waals surface area contributed by atoms with Gasteiger partial charge in [-0.25, -0.2) is 13.8 Å². The van der Waals surface area contributed by atoms with E-state index < -0.39 is 23.3 Å². The average Bonchev–Trinajstić information content (AvgIpc) is 3.07. The van der Waals surface area contributed by atoms with Gasteiger partial charge in [0.25, 0.3) is 0 Å². The zero-order valence-corrected chi connectivity index (χ0v) is 18.1. The summed E-state index contributed by atoms with van der Waals surface area (Å²) in [6, 6.07) is 12.4. The van der Waals surface area contributed by atoms with E-state index in [-0.39, 0.29) is 11.6 Å². The minimum absolute atomic E-state index is 0.317. The highest BCUT2D eigenvalue weighted by atomic mass is 19.1. The number of methoxy groups -OCH3 is 1. The zero-order valence-electron chi connectivity index (χ0n) is 18.1. The Labute approximate surface area is 180 Å². The van der Waals surface area contributed by atoms with Crippen LogP contribution in [0.5, 0.6) is 0 Å². The smallest absolute Gasteiger partial charge is 0.247 e. The van der Waals surface area contributed by atoms with Crippen LogP contribution in [0.3, 0.4) is 0 Å². The first kappa shape index (κ1) is 22.6. The Morgan fingerprint density at radius 1 is 1.13 bits per heavy atom. The Morgan fingerprint density at radius 3 is 2.32 bits per heavy atom. The minimum Gasteiger partial charge on any atom is -0.371 e. The second kappa shape index (κ2) is 8.98. The molecule has 0 aliphatic rings. The Bertz CT molecular complexity index is 1070. The van der Waals surface area contributed by atoms with Gasteiger partial charge in [0, 0.05) is 25.4 Å². The van der Waals surface area contributed by atoms with Crippen LogP contribution in [0.15, 0.2) is 54.7 Å². The van der Waals surface area contributed by atoms with E-state index in [1.54, 1.807) is 24.4 Å². The third-order valence-corrected chi connectivity index (χ3v) is 5.22. The number of nitrogens with zero attached hydrogens (tertiary/aromatic N) is 2. The van der Waals surface area contributed by atoms with Crippen LogP contribution in [0, 0.1) is 17.0 Å². The van der Waals surface area contributed by atoms with Crippen LogP contribution in [0.25, 0.3) is 11.3 Å². The molecule has 3 aromatic rings. The summed E-state index contributed by atoms with van der Waals surface area (Å²) in [4.78, 5) is 17.0. The first-order valence-electron chi connectivity index (χ1n) is 9.99. The predicted molar refractivity (Wildman–Crippen MR) is 115 cm³/mol. The number of carbonyl (C=O) groups excluding carboxylic acids is 1. The minimum atomic E-state index is -0.922. The monoisotopic (exact) mass is 427 g/mol. The summed E-state index contributed by atoms with van der Waals surface area (Å²) in [5, 5.41) is 0. The van der Waals surface area contributed by atoms with E-state index >= 15 is 0 Å². The van der Waals surface area contributed by atoms with Crippen molar-refractivity contribution in [3.05, 3.63) is 77.8 Å². The molecule has 2 N–H and O–H groups in total. The number of hydrogen-bond donors (Lipinski definition) is 1. The maximum absolute atomic E-state index is 13.8. The number of primary amides is 1. The van der Waals surface area contributed by atoms with Gasteiger partial charge < -0.3 is 15.0 Å². The number of ether oxygens (including phenoxy) is 1. The number of amides is 1. The molecule has 1 amide bonds. The topological polar surface area (TPSA) is 70.1 Å². The van der Waals surface area contributed by atoms with Gasteiger partial charge in [0.15, 0.2) is 0 Å². The Balaban J connectivity index is 2.18. The van der Waals surface area contributed by atoms with E-state index in [9.17, 15) is 13.6 Å². The Hall–Kier alpha value is -3.06. The first-order valence-corrected chi connectivity index (χ1v) is 9.99. The maximum atomic E-state index is 13.8. The maximum Gasteiger partial charge on any atom is 0.247 e. The Morgan fingerprint density at radius 2 is 1.77 bits per heavy atom. The van der Waals surface area contributed by atoms with Crippen LogP contribution in [-0.4, -0.2) is 28.7 Å². The van der Waals surface area contributed by atoms with Gasteiger partial charge in [-0.3, -0.25) is 4.79 Å². The highest BCUT2D eigenvalue weighted by molar-refractivity contribution is 5.80. The first-order chi connectivity index (χ1) is 14.6. The fourth-order valence-corrected chi connectivity index (χ4v) is 3.82. The van der Waals surface area contributed by atoms with Crippen LogP contribution in [0.4, 0.5) is 8.78 Å². The fourth-order valence-electron chi connectivity index (χ4n) is 3.82. The summed E-state index contributed by atoms with van der Waals surface area (Å²) in [5.74, 6) is -1.26. The van der Waals surface area contributed by atoms with Gasteiger partial charge in [0.05, 0.1) is 11.6 Å². The van der Waals surface area contributed by atoms with Crippen molar-refractivity contribution in [1.29, 1.82) is 0 Å². The molecule has 0 fully saturated rings. The van der Waals surface area contributed by atoms with E-state index in [0.717, 1.165) is 5.56 Å². The van der Waals surface area contributed by atoms with E-state index in [4.69, 9.17) is 15.5 Å². The fraction of sp³-hybridized carbons (Fsp3) is 0.333. The van der Waals surface area contributed by atoms with Gasteiger partial charge in [-0.2, -0.15) is 0 Å². The van der Waals surface area contributed by atoms with E-state index in [1.807, 2.05) is 31.4 Å². The highest BCUT2D eigenvalue weighted by Crippen LogP contribution is 2.39. The van der Waals surface area contributed by atoms with Crippen LogP contribution in [0.2, 0.25) is 0 Å². The van der Waals surface area contributed by atoms with Gasteiger partial charge >= 0.3 is 0 Å². The van der Waals surface area contributed by atoms with Crippen LogP contribution in [-0.2, 0) is 16.1 Å². The molecule has 0 aliphatic carbocycles.